The van der Waals surface area contributed by atoms with Gasteiger partial charge in [-0.15, -0.1) is 0 Å². The van der Waals surface area contributed by atoms with E-state index in [1.165, 1.54) is 18.0 Å². The zero-order chi connectivity index (χ0) is 12.4. The van der Waals surface area contributed by atoms with Crippen molar-refractivity contribution >= 4 is 17.4 Å². The number of hydrogen-bond acceptors (Lipinski definition) is 4. The van der Waals surface area contributed by atoms with E-state index in [2.05, 4.69) is 0 Å². The number of ketones is 1. The van der Waals surface area contributed by atoms with Gasteiger partial charge in [-0.2, -0.15) is 0 Å². The Bertz CT molecular complexity index is 459. The van der Waals surface area contributed by atoms with Crippen molar-refractivity contribution in [2.24, 2.45) is 0 Å². The van der Waals surface area contributed by atoms with Gasteiger partial charge in [-0.25, -0.2) is 10.0 Å². The van der Waals surface area contributed by atoms with Gasteiger partial charge in [0.1, 0.15) is 17.2 Å². The van der Waals surface area contributed by atoms with E-state index in [1.807, 2.05) is 0 Å². The Morgan fingerprint density at radius 1 is 1.41 bits per heavy atom. The highest BCUT2D eigenvalue weighted by Crippen LogP contribution is 2.30. The van der Waals surface area contributed by atoms with Crippen LogP contribution in [-0.4, -0.2) is 34.9 Å². The number of aromatic hydroxyl groups is 1. The lowest BCUT2D eigenvalue weighted by molar-refractivity contribution is -0.119. The average molecular weight is 234 g/mol. The lowest BCUT2D eigenvalue weighted by atomic mass is 10.3. The van der Waals surface area contributed by atoms with Gasteiger partial charge in [0.25, 0.3) is 0 Å². The van der Waals surface area contributed by atoms with Gasteiger partial charge >= 0.3 is 0 Å². The molecule has 5 heteroatoms. The first-order valence-electron chi connectivity index (χ1n) is 5.45. The lowest BCUT2D eigenvalue weighted by Gasteiger charge is -2.27. The highest BCUT2D eigenvalue weighted by molar-refractivity contribution is 5.96. The van der Waals surface area contributed by atoms with E-state index in [-0.39, 0.29) is 24.0 Å². The molecular weight excluding hydrogens is 220 g/mol. The first-order valence-corrected chi connectivity index (χ1v) is 5.45. The van der Waals surface area contributed by atoms with E-state index in [0.29, 0.717) is 18.7 Å². The minimum absolute atomic E-state index is 0.0138. The number of hydrogen-bond donors (Lipinski definition) is 1. The highest BCUT2D eigenvalue weighted by Gasteiger charge is 2.32. The second-order valence-electron chi connectivity index (χ2n) is 4.03. The number of phenols is 1. The summed E-state index contributed by atoms with van der Waals surface area (Å²) in [4.78, 5) is 22.9. The fourth-order valence-electron chi connectivity index (χ4n) is 1.93. The van der Waals surface area contributed by atoms with Crippen molar-refractivity contribution in [3.05, 3.63) is 24.3 Å². The molecule has 0 spiro atoms. The van der Waals surface area contributed by atoms with Gasteiger partial charge in [0.2, 0.25) is 5.91 Å². The molecule has 1 aliphatic rings. The number of rotatable bonds is 3. The van der Waals surface area contributed by atoms with Gasteiger partial charge in [0.05, 0.1) is 6.54 Å². The number of anilines is 1. The molecule has 1 aromatic carbocycles. The summed E-state index contributed by atoms with van der Waals surface area (Å²) in [5, 5.41) is 12.8. The third kappa shape index (κ3) is 2.29. The number of nitrogens with zero attached hydrogens (tertiary/aromatic N) is 2. The smallest absolute Gasteiger partial charge is 0.243 e. The number of Topliss-reactive ketones (excluding diaryl/α,β-unsaturated/α-hetero) is 1. The number of para-hydroxylation sites is 2. The van der Waals surface area contributed by atoms with Crippen LogP contribution in [0.5, 0.6) is 5.75 Å². The summed E-state index contributed by atoms with van der Waals surface area (Å²) in [6, 6.07) is 6.61. The predicted octanol–water partition coefficient (Wildman–Crippen LogP) is 0.935. The Morgan fingerprint density at radius 3 is 2.76 bits per heavy atom. The molecule has 17 heavy (non-hydrogen) atoms. The molecule has 0 bridgehead atoms. The largest absolute Gasteiger partial charge is 0.506 e. The van der Waals surface area contributed by atoms with Crippen LogP contribution in [0.3, 0.4) is 0 Å². The van der Waals surface area contributed by atoms with Crippen molar-refractivity contribution in [2.45, 2.75) is 13.3 Å². The fourth-order valence-corrected chi connectivity index (χ4v) is 1.93. The van der Waals surface area contributed by atoms with Crippen LogP contribution >= 0.6 is 0 Å². The number of carbonyl (C=O) groups excluding carboxylic acids is 2. The van der Waals surface area contributed by atoms with Crippen LogP contribution in [0.25, 0.3) is 0 Å². The maximum atomic E-state index is 11.8. The van der Waals surface area contributed by atoms with Crippen molar-refractivity contribution in [1.82, 2.24) is 5.01 Å². The summed E-state index contributed by atoms with van der Waals surface area (Å²) in [6.07, 6.45) is 0.363. The van der Waals surface area contributed by atoms with Crippen molar-refractivity contribution in [1.29, 1.82) is 0 Å². The molecule has 1 saturated heterocycles. The predicted molar refractivity (Wildman–Crippen MR) is 62.5 cm³/mol. The average Bonchev–Trinajstić information content (AvgIpc) is 2.60. The summed E-state index contributed by atoms with van der Waals surface area (Å²) >= 11 is 0. The number of amides is 1. The molecule has 90 valence electrons. The van der Waals surface area contributed by atoms with Gasteiger partial charge in [-0.05, 0) is 19.1 Å². The Balaban J connectivity index is 2.31. The first-order chi connectivity index (χ1) is 8.09. The molecule has 1 aromatic rings. The molecule has 1 heterocycles. The molecule has 1 amide bonds. The zero-order valence-electron chi connectivity index (χ0n) is 9.59. The minimum atomic E-state index is -0.104. The van der Waals surface area contributed by atoms with E-state index in [0.717, 1.165) is 0 Å². The molecule has 1 N–H and O–H groups in total. The molecule has 0 atom stereocenters. The van der Waals surface area contributed by atoms with Crippen LogP contribution in [-0.2, 0) is 9.59 Å². The van der Waals surface area contributed by atoms with E-state index < -0.39 is 0 Å². The zero-order valence-corrected chi connectivity index (χ0v) is 9.59. The van der Waals surface area contributed by atoms with Crippen molar-refractivity contribution in [2.75, 3.05) is 18.1 Å². The van der Waals surface area contributed by atoms with Crippen molar-refractivity contribution < 1.29 is 14.7 Å². The Hall–Kier alpha value is -1.88. The van der Waals surface area contributed by atoms with Crippen LogP contribution in [0.2, 0.25) is 0 Å². The monoisotopic (exact) mass is 234 g/mol. The Labute approximate surface area is 99.2 Å². The van der Waals surface area contributed by atoms with Crippen LogP contribution in [0.15, 0.2) is 24.3 Å². The normalized spacial score (nSPS) is 16.5. The second-order valence-corrected chi connectivity index (χ2v) is 4.03. The first kappa shape index (κ1) is 11.6. The molecule has 1 fully saturated rings. The van der Waals surface area contributed by atoms with Gasteiger partial charge < -0.3 is 5.11 Å². The van der Waals surface area contributed by atoms with Crippen LogP contribution in [0.1, 0.15) is 13.3 Å². The third-order valence-corrected chi connectivity index (χ3v) is 2.62. The summed E-state index contributed by atoms with van der Waals surface area (Å²) in [5.74, 6) is -0.0795. The van der Waals surface area contributed by atoms with Crippen LogP contribution in [0, 0.1) is 0 Å². The number of carbonyl (C=O) groups is 2. The van der Waals surface area contributed by atoms with Gasteiger partial charge in [-0.1, -0.05) is 12.1 Å². The fraction of sp³-hybridized carbons (Fsp3) is 0.333. The molecule has 0 saturated carbocycles. The third-order valence-electron chi connectivity index (χ3n) is 2.62. The lowest BCUT2D eigenvalue weighted by Crippen LogP contribution is -2.41. The highest BCUT2D eigenvalue weighted by atomic mass is 16.3. The van der Waals surface area contributed by atoms with E-state index in [1.54, 1.807) is 23.2 Å². The van der Waals surface area contributed by atoms with Gasteiger partial charge in [0.15, 0.2) is 0 Å². The van der Waals surface area contributed by atoms with E-state index >= 15 is 0 Å². The summed E-state index contributed by atoms with van der Waals surface area (Å²) in [6.45, 7) is 2.17. The van der Waals surface area contributed by atoms with Gasteiger partial charge in [-0.3, -0.25) is 9.59 Å². The van der Waals surface area contributed by atoms with Crippen LogP contribution in [0.4, 0.5) is 5.69 Å². The number of benzene rings is 1. The van der Waals surface area contributed by atoms with E-state index in [4.69, 9.17) is 0 Å². The molecule has 0 aromatic heterocycles. The number of hydrazine groups is 1. The molecule has 0 unspecified atom stereocenters. The number of phenolic OH excluding ortho intramolecular Hbond substituents is 1. The quantitative estimate of drug-likeness (QED) is 0.845. The molecular formula is C12H14N2O3. The molecule has 0 aliphatic carbocycles. The Morgan fingerprint density at radius 2 is 2.12 bits per heavy atom. The summed E-state index contributed by atoms with van der Waals surface area (Å²) in [7, 11) is 0. The molecule has 5 nitrogen and oxygen atoms in total. The van der Waals surface area contributed by atoms with Crippen molar-refractivity contribution in [3.8, 4) is 5.75 Å². The molecule has 0 radical (unpaired) electrons. The maximum absolute atomic E-state index is 11.8. The maximum Gasteiger partial charge on any atom is 0.243 e. The Kier molecular flexibility index (Phi) is 3.10. The van der Waals surface area contributed by atoms with Gasteiger partial charge in [0, 0.05) is 13.0 Å². The van der Waals surface area contributed by atoms with Crippen molar-refractivity contribution in [3.63, 3.8) is 0 Å². The standard InChI is InChI=1S/C12H14N2O3/c1-9(15)8-13-7-6-12(17)14(13)10-4-2-3-5-11(10)16/h2-5,16H,6-8H2,1H3. The minimum Gasteiger partial charge on any atom is -0.506 e. The summed E-state index contributed by atoms with van der Waals surface area (Å²) < 4.78 is 0. The second kappa shape index (κ2) is 4.55. The molecule has 1 aliphatic heterocycles. The van der Waals surface area contributed by atoms with Crippen LogP contribution < -0.4 is 5.01 Å². The molecule has 2 rings (SSSR count). The summed E-state index contributed by atoms with van der Waals surface area (Å²) in [5.41, 5.74) is 0.427. The van der Waals surface area contributed by atoms with E-state index in [9.17, 15) is 14.7 Å². The SMILES string of the molecule is CC(=O)CN1CCC(=O)N1c1ccccc1O. The topological polar surface area (TPSA) is 60.9 Å².